The standard InChI is InChI=1S/C58H38N4Si/c1-5-21-39(22-6-1)55-54-47-32-16-20-36-52(47)63(41-25-9-3-10-26-41,42-27-11-4-12-28-42)58(54)60-57(59-55)46-31-15-19-35-50(46)62-49-34-18-14-30-45(49)53-51(62)38-37-44-43-29-13-17-33-48(43)61(56(44)53)40-23-7-2-8-24-40/h1-38H. The smallest absolute Gasteiger partial charge is 0.203 e. The van der Waals surface area contributed by atoms with Crippen molar-refractivity contribution in [3.8, 4) is 45.1 Å². The third-order valence-corrected chi connectivity index (χ3v) is 17.9. The zero-order chi connectivity index (χ0) is 41.5. The van der Waals surface area contributed by atoms with Gasteiger partial charge in [0.15, 0.2) is 5.82 Å². The Morgan fingerprint density at radius 3 is 1.65 bits per heavy atom. The lowest BCUT2D eigenvalue weighted by atomic mass is 10.0. The van der Waals surface area contributed by atoms with Crippen molar-refractivity contribution in [3.63, 3.8) is 0 Å². The van der Waals surface area contributed by atoms with Crippen molar-refractivity contribution in [2.45, 2.75) is 0 Å². The number of aromatic nitrogens is 4. The molecule has 0 saturated carbocycles. The normalized spacial score (nSPS) is 12.9. The maximum Gasteiger partial charge on any atom is 0.203 e. The molecule has 294 valence electrons. The summed E-state index contributed by atoms with van der Waals surface area (Å²) in [6.45, 7) is 0. The summed E-state index contributed by atoms with van der Waals surface area (Å²) in [5, 5.41) is 9.96. The summed E-state index contributed by atoms with van der Waals surface area (Å²) in [5.41, 5.74) is 12.2. The van der Waals surface area contributed by atoms with Crippen LogP contribution < -0.4 is 20.9 Å². The fourth-order valence-electron chi connectivity index (χ4n) is 10.7. The van der Waals surface area contributed by atoms with Crippen molar-refractivity contribution in [1.82, 2.24) is 19.1 Å². The van der Waals surface area contributed by atoms with E-state index in [4.69, 9.17) is 9.97 Å². The molecule has 0 fully saturated rings. The Bertz CT molecular complexity index is 3690. The summed E-state index contributed by atoms with van der Waals surface area (Å²) < 4.78 is 4.89. The molecular formula is C58H38N4Si. The number of fused-ring (bicyclic) bond motifs is 10. The van der Waals surface area contributed by atoms with Crippen LogP contribution in [-0.2, 0) is 0 Å². The highest BCUT2D eigenvalue weighted by molar-refractivity contribution is 7.21. The summed E-state index contributed by atoms with van der Waals surface area (Å²) in [5.74, 6) is 0.713. The minimum atomic E-state index is -2.97. The van der Waals surface area contributed by atoms with Gasteiger partial charge in [0.1, 0.15) is 0 Å². The van der Waals surface area contributed by atoms with Gasteiger partial charge in [-0.2, -0.15) is 0 Å². The zero-order valence-corrected chi connectivity index (χ0v) is 35.2. The lowest BCUT2D eigenvalue weighted by Crippen LogP contribution is -2.73. The highest BCUT2D eigenvalue weighted by Gasteiger charge is 2.51. The first-order valence-electron chi connectivity index (χ1n) is 21.6. The summed E-state index contributed by atoms with van der Waals surface area (Å²) in [4.78, 5) is 11.6. The molecule has 0 atom stereocenters. The molecule has 0 amide bonds. The average Bonchev–Trinajstić information content (AvgIpc) is 3.99. The van der Waals surface area contributed by atoms with E-state index in [1.165, 1.54) is 53.7 Å². The number of hydrogen-bond acceptors (Lipinski definition) is 2. The Balaban J connectivity index is 1.15. The highest BCUT2D eigenvalue weighted by Crippen LogP contribution is 2.44. The molecule has 0 radical (unpaired) electrons. The molecule has 4 nitrogen and oxygen atoms in total. The second kappa shape index (κ2) is 14.0. The molecule has 9 aromatic carbocycles. The van der Waals surface area contributed by atoms with Crippen molar-refractivity contribution in [2.24, 2.45) is 0 Å². The van der Waals surface area contributed by atoms with Gasteiger partial charge >= 0.3 is 0 Å². The van der Waals surface area contributed by atoms with Gasteiger partial charge in [-0.15, -0.1) is 0 Å². The molecule has 13 rings (SSSR count). The fourth-order valence-corrected chi connectivity index (χ4v) is 15.7. The number of benzene rings is 9. The second-order valence-corrected chi connectivity index (χ2v) is 20.1. The van der Waals surface area contributed by atoms with Crippen LogP contribution in [0.1, 0.15) is 0 Å². The average molecular weight is 819 g/mol. The summed E-state index contributed by atoms with van der Waals surface area (Å²) in [6, 6.07) is 83.7. The van der Waals surface area contributed by atoms with Gasteiger partial charge in [0.05, 0.1) is 38.8 Å². The lowest BCUT2D eigenvalue weighted by Gasteiger charge is -2.30. The van der Waals surface area contributed by atoms with E-state index >= 15 is 0 Å². The molecule has 3 aromatic heterocycles. The minimum Gasteiger partial charge on any atom is -0.309 e. The van der Waals surface area contributed by atoms with Crippen LogP contribution >= 0.6 is 0 Å². The van der Waals surface area contributed by atoms with E-state index in [0.717, 1.165) is 50.1 Å². The first kappa shape index (κ1) is 35.6. The number of nitrogens with zero attached hydrogens (tertiary/aromatic N) is 4. The van der Waals surface area contributed by atoms with E-state index < -0.39 is 8.07 Å². The highest BCUT2D eigenvalue weighted by atomic mass is 28.3. The topological polar surface area (TPSA) is 35.6 Å². The molecule has 0 aliphatic carbocycles. The molecule has 0 spiro atoms. The molecule has 0 bridgehead atoms. The maximum atomic E-state index is 5.93. The Labute approximate surface area is 365 Å². The molecule has 1 aliphatic rings. The molecule has 1 aliphatic heterocycles. The van der Waals surface area contributed by atoms with Crippen LogP contribution in [-0.4, -0.2) is 27.2 Å². The van der Waals surface area contributed by atoms with Gasteiger partial charge in [-0.05, 0) is 63.6 Å². The van der Waals surface area contributed by atoms with Crippen LogP contribution in [0.5, 0.6) is 0 Å². The second-order valence-electron chi connectivity index (χ2n) is 16.4. The Morgan fingerprint density at radius 1 is 0.381 bits per heavy atom. The van der Waals surface area contributed by atoms with Crippen molar-refractivity contribution in [3.05, 3.63) is 231 Å². The molecule has 0 saturated heterocycles. The summed E-state index contributed by atoms with van der Waals surface area (Å²) >= 11 is 0. The van der Waals surface area contributed by atoms with Crippen molar-refractivity contribution < 1.29 is 0 Å². The molecule has 12 aromatic rings. The van der Waals surface area contributed by atoms with Crippen LogP contribution in [0.2, 0.25) is 0 Å². The Kier molecular flexibility index (Phi) is 7.89. The number of rotatable bonds is 6. The number of para-hydroxylation sites is 4. The Hall–Kier alpha value is -8.12. The van der Waals surface area contributed by atoms with Crippen molar-refractivity contribution in [1.29, 1.82) is 0 Å². The predicted molar refractivity (Wildman–Crippen MR) is 264 cm³/mol. The van der Waals surface area contributed by atoms with E-state index in [0.29, 0.717) is 5.82 Å². The number of hydrogen-bond donors (Lipinski definition) is 0. The van der Waals surface area contributed by atoms with E-state index in [-0.39, 0.29) is 0 Å². The van der Waals surface area contributed by atoms with E-state index in [1.54, 1.807) is 0 Å². The van der Waals surface area contributed by atoms with E-state index in [9.17, 15) is 0 Å². The van der Waals surface area contributed by atoms with E-state index in [1.807, 2.05) is 0 Å². The van der Waals surface area contributed by atoms with Crippen LogP contribution in [0.3, 0.4) is 0 Å². The molecule has 0 N–H and O–H groups in total. The van der Waals surface area contributed by atoms with Crippen LogP contribution in [0.4, 0.5) is 0 Å². The lowest BCUT2D eigenvalue weighted by molar-refractivity contribution is 1.15. The van der Waals surface area contributed by atoms with Crippen molar-refractivity contribution >= 4 is 72.6 Å². The van der Waals surface area contributed by atoms with Gasteiger partial charge in [0.2, 0.25) is 8.07 Å². The summed E-state index contributed by atoms with van der Waals surface area (Å²) in [6.07, 6.45) is 0. The van der Waals surface area contributed by atoms with Gasteiger partial charge < -0.3 is 9.13 Å². The van der Waals surface area contributed by atoms with Gasteiger partial charge in [-0.25, -0.2) is 9.97 Å². The first-order chi connectivity index (χ1) is 31.3. The molecule has 63 heavy (non-hydrogen) atoms. The Morgan fingerprint density at radius 2 is 0.937 bits per heavy atom. The largest absolute Gasteiger partial charge is 0.309 e. The predicted octanol–water partition coefficient (Wildman–Crippen LogP) is 11.4. The molecule has 5 heteroatoms. The van der Waals surface area contributed by atoms with Crippen molar-refractivity contribution in [2.75, 3.05) is 0 Å². The van der Waals surface area contributed by atoms with Crippen LogP contribution in [0.15, 0.2) is 231 Å². The molecular weight excluding hydrogens is 781 g/mol. The quantitative estimate of drug-likeness (QED) is 0.157. The third kappa shape index (κ3) is 5.08. The SMILES string of the molecule is c1ccc(-c2nc(-c3ccccc3-n3c4ccccc4c4c3ccc3c5ccccc5n(-c5ccccc5)c34)nc3c2-c2ccccc2[Si]3(c2ccccc2)c2ccccc2)cc1. The minimum absolute atomic E-state index is 0.713. The van der Waals surface area contributed by atoms with Gasteiger partial charge in [-0.3, -0.25) is 0 Å². The molecule has 4 heterocycles. The fraction of sp³-hybridized carbons (Fsp3) is 0. The first-order valence-corrected chi connectivity index (χ1v) is 23.6. The van der Waals surface area contributed by atoms with Gasteiger partial charge in [0.25, 0.3) is 0 Å². The van der Waals surface area contributed by atoms with E-state index in [2.05, 4.69) is 240 Å². The zero-order valence-electron chi connectivity index (χ0n) is 34.2. The van der Waals surface area contributed by atoms with Crippen LogP contribution in [0, 0.1) is 0 Å². The summed E-state index contributed by atoms with van der Waals surface area (Å²) in [7, 11) is -2.97. The van der Waals surface area contributed by atoms with Gasteiger partial charge in [0, 0.05) is 43.9 Å². The maximum absolute atomic E-state index is 5.93. The van der Waals surface area contributed by atoms with Crippen LogP contribution in [0.25, 0.3) is 88.8 Å². The third-order valence-electron chi connectivity index (χ3n) is 13.2. The molecule has 0 unspecified atom stereocenters. The monoisotopic (exact) mass is 818 g/mol. The van der Waals surface area contributed by atoms with Gasteiger partial charge in [-0.1, -0.05) is 188 Å².